The maximum Gasteiger partial charge on any atom is 0.255 e. The van der Waals surface area contributed by atoms with E-state index in [1.165, 1.54) is 38.5 Å². The highest BCUT2D eigenvalue weighted by Crippen LogP contribution is 2.21. The number of rotatable bonds is 4. The monoisotopic (exact) mass is 387 g/mol. The van der Waals surface area contributed by atoms with Crippen LogP contribution in [0.1, 0.15) is 48.9 Å². The first-order valence-corrected chi connectivity index (χ1v) is 9.29. The van der Waals surface area contributed by atoms with Crippen LogP contribution in [0.15, 0.2) is 47.1 Å². The van der Waals surface area contributed by atoms with Gasteiger partial charge in [-0.1, -0.05) is 41.6 Å². The van der Waals surface area contributed by atoms with E-state index >= 15 is 0 Å². The zero-order chi connectivity index (χ0) is 16.8. The van der Waals surface area contributed by atoms with Gasteiger partial charge in [0.2, 0.25) is 0 Å². The van der Waals surface area contributed by atoms with Gasteiger partial charge in [0.1, 0.15) is 5.82 Å². The van der Waals surface area contributed by atoms with Gasteiger partial charge in [-0.05, 0) is 49.2 Å². The predicted octanol–water partition coefficient (Wildman–Crippen LogP) is 5.23. The second-order valence-electron chi connectivity index (χ2n) is 6.23. The van der Waals surface area contributed by atoms with Gasteiger partial charge >= 0.3 is 0 Å². The lowest BCUT2D eigenvalue weighted by atomic mass is 10.1. The van der Waals surface area contributed by atoms with E-state index in [4.69, 9.17) is 0 Å². The topological polar surface area (TPSA) is 54.0 Å². The molecule has 1 aliphatic rings. The Labute approximate surface area is 151 Å². The lowest BCUT2D eigenvalue weighted by Gasteiger charge is -2.17. The minimum Gasteiger partial charge on any atom is -0.367 e. The van der Waals surface area contributed by atoms with Crippen LogP contribution in [0.2, 0.25) is 0 Å². The molecule has 1 aromatic carbocycles. The highest BCUT2D eigenvalue weighted by atomic mass is 79.9. The molecule has 24 heavy (non-hydrogen) atoms. The summed E-state index contributed by atoms with van der Waals surface area (Å²) in [6, 6.07) is 11.6. The first-order chi connectivity index (χ1) is 11.7. The fourth-order valence-corrected chi connectivity index (χ4v) is 3.25. The average molecular weight is 388 g/mol. The summed E-state index contributed by atoms with van der Waals surface area (Å²) in [5, 5.41) is 6.38. The van der Waals surface area contributed by atoms with Gasteiger partial charge in [-0.15, -0.1) is 0 Å². The molecule has 2 aromatic rings. The molecule has 5 heteroatoms. The van der Waals surface area contributed by atoms with E-state index in [1.54, 1.807) is 18.3 Å². The fourth-order valence-electron chi connectivity index (χ4n) is 2.99. The van der Waals surface area contributed by atoms with Gasteiger partial charge in [-0.3, -0.25) is 4.79 Å². The Morgan fingerprint density at radius 2 is 1.71 bits per heavy atom. The minimum atomic E-state index is -0.131. The van der Waals surface area contributed by atoms with Crippen LogP contribution < -0.4 is 10.6 Å². The van der Waals surface area contributed by atoms with E-state index in [2.05, 4.69) is 31.5 Å². The van der Waals surface area contributed by atoms with Crippen molar-refractivity contribution in [2.24, 2.45) is 0 Å². The van der Waals surface area contributed by atoms with Crippen LogP contribution in [0.5, 0.6) is 0 Å². The molecule has 0 aliphatic heterocycles. The molecule has 1 saturated carbocycles. The number of nitrogens with one attached hydrogen (secondary N) is 2. The van der Waals surface area contributed by atoms with Crippen LogP contribution in [0.4, 0.5) is 11.5 Å². The second-order valence-corrected chi connectivity index (χ2v) is 7.14. The van der Waals surface area contributed by atoms with E-state index in [1.807, 2.05) is 24.3 Å². The Morgan fingerprint density at radius 3 is 2.33 bits per heavy atom. The number of pyridine rings is 1. The standard InChI is InChI=1S/C19H22BrN3O/c20-15-9-7-14(8-10-15)19(24)23-17-11-12-18(21-13-17)22-16-5-3-1-2-4-6-16/h7-13,16H,1-6H2,(H,21,22)(H,23,24). The van der Waals surface area contributed by atoms with E-state index in [0.717, 1.165) is 10.3 Å². The summed E-state index contributed by atoms with van der Waals surface area (Å²) >= 11 is 3.37. The van der Waals surface area contributed by atoms with Crippen LogP contribution >= 0.6 is 15.9 Å². The maximum atomic E-state index is 12.2. The summed E-state index contributed by atoms with van der Waals surface area (Å²) in [6.07, 6.45) is 9.39. The highest BCUT2D eigenvalue weighted by Gasteiger charge is 2.12. The van der Waals surface area contributed by atoms with Crippen molar-refractivity contribution in [3.8, 4) is 0 Å². The molecule has 0 bridgehead atoms. The summed E-state index contributed by atoms with van der Waals surface area (Å²) in [7, 11) is 0. The molecule has 0 saturated heterocycles. The number of hydrogen-bond donors (Lipinski definition) is 2. The summed E-state index contributed by atoms with van der Waals surface area (Å²) in [5.41, 5.74) is 1.33. The molecule has 0 radical (unpaired) electrons. The maximum absolute atomic E-state index is 12.2. The van der Waals surface area contributed by atoms with Gasteiger partial charge in [-0.2, -0.15) is 0 Å². The molecule has 2 N–H and O–H groups in total. The molecule has 4 nitrogen and oxygen atoms in total. The molecule has 1 aromatic heterocycles. The van der Waals surface area contributed by atoms with Gasteiger partial charge < -0.3 is 10.6 Å². The van der Waals surface area contributed by atoms with E-state index < -0.39 is 0 Å². The zero-order valence-corrected chi connectivity index (χ0v) is 15.2. The largest absolute Gasteiger partial charge is 0.367 e. The molecule has 0 unspecified atom stereocenters. The van der Waals surface area contributed by atoms with E-state index in [0.29, 0.717) is 17.3 Å². The first kappa shape index (κ1) is 17.0. The number of halogens is 1. The van der Waals surface area contributed by atoms with Crippen molar-refractivity contribution < 1.29 is 4.79 Å². The normalized spacial score (nSPS) is 15.5. The molecular weight excluding hydrogens is 366 g/mol. The number of carbonyl (C=O) groups excluding carboxylic acids is 1. The number of aromatic nitrogens is 1. The molecule has 0 spiro atoms. The Balaban J connectivity index is 1.57. The fraction of sp³-hybridized carbons (Fsp3) is 0.368. The molecule has 1 amide bonds. The predicted molar refractivity (Wildman–Crippen MR) is 101 cm³/mol. The van der Waals surface area contributed by atoms with Gasteiger partial charge in [0.25, 0.3) is 5.91 Å². The smallest absolute Gasteiger partial charge is 0.255 e. The molecule has 1 aliphatic carbocycles. The first-order valence-electron chi connectivity index (χ1n) is 8.50. The molecule has 3 rings (SSSR count). The van der Waals surface area contributed by atoms with Crippen molar-refractivity contribution >= 4 is 33.3 Å². The average Bonchev–Trinajstić information content (AvgIpc) is 2.86. The van der Waals surface area contributed by atoms with Crippen molar-refractivity contribution in [1.29, 1.82) is 0 Å². The quantitative estimate of drug-likeness (QED) is 0.705. The number of nitrogens with zero attached hydrogens (tertiary/aromatic N) is 1. The van der Waals surface area contributed by atoms with Crippen LogP contribution in [0.3, 0.4) is 0 Å². The number of anilines is 2. The summed E-state index contributed by atoms with van der Waals surface area (Å²) in [6.45, 7) is 0. The van der Waals surface area contributed by atoms with Crippen LogP contribution in [0.25, 0.3) is 0 Å². The van der Waals surface area contributed by atoms with Crippen molar-refractivity contribution in [2.75, 3.05) is 10.6 Å². The molecular formula is C19H22BrN3O. The highest BCUT2D eigenvalue weighted by molar-refractivity contribution is 9.10. The Morgan fingerprint density at radius 1 is 1.00 bits per heavy atom. The lowest BCUT2D eigenvalue weighted by molar-refractivity contribution is 0.102. The molecule has 1 heterocycles. The lowest BCUT2D eigenvalue weighted by Crippen LogP contribution is -2.19. The van der Waals surface area contributed by atoms with Gasteiger partial charge in [0, 0.05) is 16.1 Å². The van der Waals surface area contributed by atoms with Crippen molar-refractivity contribution in [3.63, 3.8) is 0 Å². The number of carbonyl (C=O) groups is 1. The Hall–Kier alpha value is -1.88. The number of benzene rings is 1. The summed E-state index contributed by atoms with van der Waals surface area (Å²) in [4.78, 5) is 16.6. The summed E-state index contributed by atoms with van der Waals surface area (Å²) < 4.78 is 0.953. The van der Waals surface area contributed by atoms with Crippen molar-refractivity contribution in [1.82, 2.24) is 4.98 Å². The van der Waals surface area contributed by atoms with Gasteiger partial charge in [0.15, 0.2) is 0 Å². The van der Waals surface area contributed by atoms with E-state index in [9.17, 15) is 4.79 Å². The molecule has 0 atom stereocenters. The van der Waals surface area contributed by atoms with Gasteiger partial charge in [-0.25, -0.2) is 4.98 Å². The summed E-state index contributed by atoms with van der Waals surface area (Å²) in [5.74, 6) is 0.748. The van der Waals surface area contributed by atoms with Crippen LogP contribution in [-0.4, -0.2) is 16.9 Å². The van der Waals surface area contributed by atoms with Crippen LogP contribution in [0, 0.1) is 0 Å². The minimum absolute atomic E-state index is 0.131. The number of amides is 1. The zero-order valence-electron chi connectivity index (χ0n) is 13.6. The second kappa shape index (κ2) is 8.29. The third-order valence-corrected chi connectivity index (χ3v) is 4.86. The molecule has 126 valence electrons. The number of hydrogen-bond acceptors (Lipinski definition) is 3. The molecule has 1 fully saturated rings. The van der Waals surface area contributed by atoms with Crippen molar-refractivity contribution in [3.05, 3.63) is 52.6 Å². The SMILES string of the molecule is O=C(Nc1ccc(NC2CCCCCC2)nc1)c1ccc(Br)cc1. The van der Waals surface area contributed by atoms with Crippen molar-refractivity contribution in [2.45, 2.75) is 44.6 Å². The van der Waals surface area contributed by atoms with E-state index in [-0.39, 0.29) is 5.91 Å². The van der Waals surface area contributed by atoms with Crippen LogP contribution in [-0.2, 0) is 0 Å². The Kier molecular flexibility index (Phi) is 5.86. The third-order valence-electron chi connectivity index (χ3n) is 4.33. The third kappa shape index (κ3) is 4.81. The Bertz CT molecular complexity index is 662. The van der Waals surface area contributed by atoms with Gasteiger partial charge in [0.05, 0.1) is 11.9 Å².